The van der Waals surface area contributed by atoms with E-state index in [0.29, 0.717) is 17.5 Å². The predicted octanol–water partition coefficient (Wildman–Crippen LogP) is 11.8. The molecule has 0 saturated heterocycles. The summed E-state index contributed by atoms with van der Waals surface area (Å²) in [7, 11) is 0. The van der Waals surface area contributed by atoms with Crippen molar-refractivity contribution in [3.8, 4) is 67.5 Å². The third-order valence-corrected chi connectivity index (χ3v) is 8.97. The van der Waals surface area contributed by atoms with Gasteiger partial charge in [0, 0.05) is 27.5 Å². The highest BCUT2D eigenvalue weighted by Gasteiger charge is 2.21. The summed E-state index contributed by atoms with van der Waals surface area (Å²) < 4.78 is 6.94. The molecule has 9 rings (SSSR count). The highest BCUT2D eigenvalue weighted by atomic mass is 16.3. The van der Waals surface area contributed by atoms with Gasteiger partial charge in [0.05, 0.1) is 5.56 Å². The Kier molecular flexibility index (Phi) is 7.10. The van der Waals surface area contributed by atoms with Crippen molar-refractivity contribution in [1.82, 2.24) is 15.0 Å². The largest absolute Gasteiger partial charge is 0.455 e. The first-order valence-electron chi connectivity index (χ1n) is 16.4. The average molecular weight is 628 g/mol. The van der Waals surface area contributed by atoms with Gasteiger partial charge in [-0.25, -0.2) is 15.0 Å². The Morgan fingerprint density at radius 1 is 0.286 bits per heavy atom. The van der Waals surface area contributed by atoms with E-state index in [9.17, 15) is 0 Å². The zero-order valence-corrected chi connectivity index (χ0v) is 26.5. The minimum absolute atomic E-state index is 0.558. The Morgan fingerprint density at radius 2 is 0.735 bits per heavy atom. The van der Waals surface area contributed by atoms with Gasteiger partial charge >= 0.3 is 0 Å². The average Bonchev–Trinajstić information content (AvgIpc) is 3.59. The molecule has 0 aliphatic carbocycles. The summed E-state index contributed by atoms with van der Waals surface area (Å²) in [5.74, 6) is 1.77. The molecular formula is C45H29N3O. The summed E-state index contributed by atoms with van der Waals surface area (Å²) in [4.78, 5) is 15.1. The van der Waals surface area contributed by atoms with Crippen LogP contribution in [0.4, 0.5) is 0 Å². The molecule has 0 fully saturated rings. The molecule has 0 spiro atoms. The van der Waals surface area contributed by atoms with Gasteiger partial charge in [-0.1, -0.05) is 164 Å². The summed E-state index contributed by atoms with van der Waals surface area (Å²) in [5.41, 5.74) is 10.9. The van der Waals surface area contributed by atoms with Crippen LogP contribution in [-0.4, -0.2) is 15.0 Å². The second kappa shape index (κ2) is 12.2. The van der Waals surface area contributed by atoms with Gasteiger partial charge in [-0.05, 0) is 39.9 Å². The van der Waals surface area contributed by atoms with E-state index in [4.69, 9.17) is 19.4 Å². The lowest BCUT2D eigenvalue weighted by Gasteiger charge is -2.09. The lowest BCUT2D eigenvalue weighted by Crippen LogP contribution is -2.00. The van der Waals surface area contributed by atoms with Crippen molar-refractivity contribution in [2.24, 2.45) is 0 Å². The van der Waals surface area contributed by atoms with Crippen LogP contribution in [-0.2, 0) is 0 Å². The normalized spacial score (nSPS) is 11.3. The van der Waals surface area contributed by atoms with Crippen LogP contribution < -0.4 is 0 Å². The topological polar surface area (TPSA) is 51.8 Å². The van der Waals surface area contributed by atoms with Gasteiger partial charge in [0.1, 0.15) is 11.2 Å². The number of furan rings is 1. The van der Waals surface area contributed by atoms with Crippen LogP contribution in [0.5, 0.6) is 0 Å². The second-order valence-electron chi connectivity index (χ2n) is 12.0. The molecule has 4 nitrogen and oxygen atoms in total. The highest BCUT2D eigenvalue weighted by Crippen LogP contribution is 2.44. The van der Waals surface area contributed by atoms with Gasteiger partial charge in [-0.15, -0.1) is 0 Å². The van der Waals surface area contributed by atoms with Crippen LogP contribution in [0.15, 0.2) is 180 Å². The highest BCUT2D eigenvalue weighted by molar-refractivity contribution is 6.18. The van der Waals surface area contributed by atoms with Crippen LogP contribution in [0.25, 0.3) is 89.5 Å². The Balaban J connectivity index is 1.27. The van der Waals surface area contributed by atoms with Crippen molar-refractivity contribution < 1.29 is 4.42 Å². The van der Waals surface area contributed by atoms with Crippen molar-refractivity contribution in [1.29, 1.82) is 0 Å². The Bertz CT molecular complexity index is 2560. The first-order valence-corrected chi connectivity index (χ1v) is 16.4. The molecule has 230 valence electrons. The van der Waals surface area contributed by atoms with Crippen molar-refractivity contribution in [3.05, 3.63) is 176 Å². The summed E-state index contributed by atoms with van der Waals surface area (Å²) >= 11 is 0. The molecule has 0 N–H and O–H groups in total. The van der Waals surface area contributed by atoms with Crippen LogP contribution in [0.3, 0.4) is 0 Å². The zero-order valence-electron chi connectivity index (χ0n) is 26.5. The first-order chi connectivity index (χ1) is 24.3. The van der Waals surface area contributed by atoms with Crippen LogP contribution >= 0.6 is 0 Å². The fourth-order valence-corrected chi connectivity index (χ4v) is 6.57. The molecule has 0 bridgehead atoms. The molecule has 2 heterocycles. The van der Waals surface area contributed by atoms with E-state index in [1.807, 2.05) is 54.6 Å². The lowest BCUT2D eigenvalue weighted by molar-refractivity contribution is 0.670. The third-order valence-electron chi connectivity index (χ3n) is 8.97. The maximum atomic E-state index is 6.94. The van der Waals surface area contributed by atoms with Gasteiger partial charge in [0.2, 0.25) is 0 Å². The quantitative estimate of drug-likeness (QED) is 0.184. The van der Waals surface area contributed by atoms with E-state index in [1.54, 1.807) is 0 Å². The van der Waals surface area contributed by atoms with Crippen molar-refractivity contribution in [3.63, 3.8) is 0 Å². The lowest BCUT2D eigenvalue weighted by atomic mass is 9.94. The molecule has 4 heteroatoms. The van der Waals surface area contributed by atoms with E-state index < -0.39 is 0 Å². The van der Waals surface area contributed by atoms with Gasteiger partial charge in [0.25, 0.3) is 0 Å². The molecule has 0 aliphatic heterocycles. The number of hydrogen-bond donors (Lipinski definition) is 0. The smallest absolute Gasteiger partial charge is 0.167 e. The SMILES string of the molecule is c1ccc(-c2ccc(-c3nc(-c4ccccc4)nc(-c4cccc5c4oc4c(-c6ccccc6)ccc(-c6ccccc6)c45)n3)cc2)cc1. The molecular weight excluding hydrogens is 599 g/mol. The van der Waals surface area contributed by atoms with Gasteiger partial charge in [-0.3, -0.25) is 0 Å². The second-order valence-corrected chi connectivity index (χ2v) is 12.0. The first kappa shape index (κ1) is 28.6. The van der Waals surface area contributed by atoms with E-state index in [-0.39, 0.29) is 0 Å². The molecule has 7 aromatic carbocycles. The predicted molar refractivity (Wildman–Crippen MR) is 200 cm³/mol. The summed E-state index contributed by atoms with van der Waals surface area (Å²) in [5, 5.41) is 2.08. The molecule has 0 amide bonds. The molecule has 0 atom stereocenters. The van der Waals surface area contributed by atoms with E-state index in [1.165, 1.54) is 0 Å². The summed E-state index contributed by atoms with van der Waals surface area (Å²) in [6.45, 7) is 0. The molecule has 9 aromatic rings. The minimum Gasteiger partial charge on any atom is -0.455 e. The van der Waals surface area contributed by atoms with Gasteiger partial charge in [-0.2, -0.15) is 0 Å². The molecule has 2 aromatic heterocycles. The fourth-order valence-electron chi connectivity index (χ4n) is 6.57. The molecule has 0 unspecified atom stereocenters. The molecule has 0 radical (unpaired) electrons. The zero-order chi connectivity index (χ0) is 32.6. The van der Waals surface area contributed by atoms with Crippen molar-refractivity contribution in [2.75, 3.05) is 0 Å². The number of aromatic nitrogens is 3. The Morgan fingerprint density at radius 3 is 1.35 bits per heavy atom. The minimum atomic E-state index is 0.558. The van der Waals surface area contributed by atoms with Crippen molar-refractivity contribution >= 4 is 21.9 Å². The number of nitrogens with zero attached hydrogens (tertiary/aromatic N) is 3. The molecule has 0 aliphatic rings. The van der Waals surface area contributed by atoms with E-state index >= 15 is 0 Å². The molecule has 0 saturated carbocycles. The Hall–Kier alpha value is -6.65. The van der Waals surface area contributed by atoms with Crippen molar-refractivity contribution in [2.45, 2.75) is 0 Å². The number of benzene rings is 7. The fraction of sp³-hybridized carbons (Fsp3) is 0. The maximum absolute atomic E-state index is 6.94. The summed E-state index contributed by atoms with van der Waals surface area (Å²) in [6, 6.07) is 60.3. The van der Waals surface area contributed by atoms with Crippen LogP contribution in [0.2, 0.25) is 0 Å². The number of para-hydroxylation sites is 1. The maximum Gasteiger partial charge on any atom is 0.167 e. The van der Waals surface area contributed by atoms with Crippen LogP contribution in [0.1, 0.15) is 0 Å². The summed E-state index contributed by atoms with van der Waals surface area (Å²) in [6.07, 6.45) is 0. The number of hydrogen-bond acceptors (Lipinski definition) is 4. The van der Waals surface area contributed by atoms with Gasteiger partial charge < -0.3 is 4.42 Å². The standard InChI is InChI=1S/C45H29N3O/c1-5-14-30(15-6-1)31-24-26-35(27-25-31)44-46-43(34-20-11-4-12-21-34)47-45(48-44)39-23-13-22-38-40-36(32-16-7-2-8-17-32)28-29-37(42(40)49-41(38)39)33-18-9-3-10-19-33/h1-29H. The number of rotatable bonds is 6. The monoisotopic (exact) mass is 627 g/mol. The number of fused-ring (bicyclic) bond motifs is 3. The molecule has 49 heavy (non-hydrogen) atoms. The Labute approximate surface area is 284 Å². The van der Waals surface area contributed by atoms with Crippen LogP contribution in [0, 0.1) is 0 Å². The van der Waals surface area contributed by atoms with E-state index in [2.05, 4.69) is 121 Å². The van der Waals surface area contributed by atoms with Gasteiger partial charge in [0.15, 0.2) is 17.5 Å². The van der Waals surface area contributed by atoms with E-state index in [0.717, 1.165) is 72.0 Å². The third kappa shape index (κ3) is 5.26.